The fourth-order valence-corrected chi connectivity index (χ4v) is 2.18. The molecule has 1 aliphatic heterocycles. The Kier molecular flexibility index (Phi) is 3.46. The van der Waals surface area contributed by atoms with E-state index in [1.807, 2.05) is 10.9 Å². The van der Waals surface area contributed by atoms with Gasteiger partial charge in [-0.25, -0.2) is 0 Å². The average Bonchev–Trinajstić information content (AvgIpc) is 2.83. The van der Waals surface area contributed by atoms with Gasteiger partial charge in [-0.2, -0.15) is 5.10 Å². The van der Waals surface area contributed by atoms with Gasteiger partial charge in [0.25, 0.3) is 0 Å². The van der Waals surface area contributed by atoms with Crippen molar-refractivity contribution in [2.45, 2.75) is 19.0 Å². The number of hydrogen-bond donors (Lipinski definition) is 1. The highest BCUT2D eigenvalue weighted by Gasteiger charge is 2.23. The van der Waals surface area contributed by atoms with Crippen molar-refractivity contribution in [1.82, 2.24) is 19.6 Å². The number of likely N-dealkylation sites (tertiary alicyclic amines) is 1. The topological polar surface area (TPSA) is 50.3 Å². The van der Waals surface area contributed by atoms with Gasteiger partial charge in [-0.1, -0.05) is 0 Å². The van der Waals surface area contributed by atoms with E-state index in [0.29, 0.717) is 6.04 Å². The van der Waals surface area contributed by atoms with Crippen molar-refractivity contribution in [2.24, 2.45) is 0 Å². The molecule has 1 saturated heterocycles. The zero-order valence-electron chi connectivity index (χ0n) is 10.1. The van der Waals surface area contributed by atoms with Crippen LogP contribution in [0.2, 0.25) is 0 Å². The molecule has 16 heavy (non-hydrogen) atoms. The summed E-state index contributed by atoms with van der Waals surface area (Å²) in [5.41, 5.74) is 6.36. The van der Waals surface area contributed by atoms with Gasteiger partial charge >= 0.3 is 0 Å². The van der Waals surface area contributed by atoms with Crippen LogP contribution in [0.5, 0.6) is 0 Å². The lowest BCUT2D eigenvalue weighted by molar-refractivity contribution is 0.261. The van der Waals surface area contributed by atoms with Crippen LogP contribution in [0.3, 0.4) is 0 Å². The summed E-state index contributed by atoms with van der Waals surface area (Å²) in [6.45, 7) is 4.35. The van der Waals surface area contributed by atoms with Gasteiger partial charge in [-0.15, -0.1) is 0 Å². The molecular weight excluding hydrogens is 202 g/mol. The summed E-state index contributed by atoms with van der Waals surface area (Å²) in [6.07, 6.45) is 4.86. The SMILES string of the molecule is CN(C)C1CCN(CCn2cc(N)cn2)C1. The maximum absolute atomic E-state index is 5.62. The largest absolute Gasteiger partial charge is 0.396 e. The minimum atomic E-state index is 0.711. The summed E-state index contributed by atoms with van der Waals surface area (Å²) in [4.78, 5) is 4.80. The summed E-state index contributed by atoms with van der Waals surface area (Å²) in [7, 11) is 4.31. The minimum absolute atomic E-state index is 0.711. The van der Waals surface area contributed by atoms with E-state index in [9.17, 15) is 0 Å². The van der Waals surface area contributed by atoms with Crippen LogP contribution in [-0.4, -0.2) is 59.4 Å². The first-order valence-electron chi connectivity index (χ1n) is 5.82. The molecule has 0 aromatic carbocycles. The van der Waals surface area contributed by atoms with Gasteiger partial charge in [0.1, 0.15) is 0 Å². The number of nitrogens with two attached hydrogens (primary N) is 1. The normalized spacial score (nSPS) is 22.1. The van der Waals surface area contributed by atoms with Crippen molar-refractivity contribution in [3.05, 3.63) is 12.4 Å². The fraction of sp³-hybridized carbons (Fsp3) is 0.727. The number of hydrogen-bond acceptors (Lipinski definition) is 4. The van der Waals surface area contributed by atoms with Gasteiger partial charge in [0.2, 0.25) is 0 Å². The number of nitrogens with zero attached hydrogens (tertiary/aromatic N) is 4. The quantitative estimate of drug-likeness (QED) is 0.786. The third-order valence-corrected chi connectivity index (χ3v) is 3.28. The molecule has 1 aromatic heterocycles. The van der Waals surface area contributed by atoms with Gasteiger partial charge in [0.05, 0.1) is 18.4 Å². The zero-order valence-corrected chi connectivity index (χ0v) is 10.1. The predicted octanol–water partition coefficient (Wildman–Crippen LogP) is 0.101. The van der Waals surface area contributed by atoms with Crippen molar-refractivity contribution >= 4 is 5.69 Å². The minimum Gasteiger partial charge on any atom is -0.396 e. The number of rotatable bonds is 4. The first kappa shape index (κ1) is 11.4. The lowest BCUT2D eigenvalue weighted by Crippen LogP contribution is -2.32. The summed E-state index contributed by atoms with van der Waals surface area (Å²) in [5, 5.41) is 4.19. The maximum atomic E-state index is 5.62. The van der Waals surface area contributed by atoms with Crippen LogP contribution >= 0.6 is 0 Å². The predicted molar refractivity (Wildman–Crippen MR) is 65.2 cm³/mol. The molecule has 1 aliphatic rings. The molecule has 0 spiro atoms. The van der Waals surface area contributed by atoms with E-state index in [2.05, 4.69) is 29.0 Å². The molecule has 2 heterocycles. The van der Waals surface area contributed by atoms with Gasteiger partial charge in [-0.3, -0.25) is 9.58 Å². The third-order valence-electron chi connectivity index (χ3n) is 3.28. The Labute approximate surface area is 96.8 Å². The smallest absolute Gasteiger partial charge is 0.0719 e. The Hall–Kier alpha value is -1.07. The van der Waals surface area contributed by atoms with E-state index in [1.165, 1.54) is 19.5 Å². The summed E-state index contributed by atoms with van der Waals surface area (Å²) >= 11 is 0. The first-order valence-corrected chi connectivity index (χ1v) is 5.82. The van der Waals surface area contributed by atoms with Crippen molar-refractivity contribution in [3.63, 3.8) is 0 Å². The number of aromatic nitrogens is 2. The van der Waals surface area contributed by atoms with Crippen LogP contribution in [0.25, 0.3) is 0 Å². The van der Waals surface area contributed by atoms with E-state index in [-0.39, 0.29) is 0 Å². The lowest BCUT2D eigenvalue weighted by atomic mass is 10.2. The second-order valence-corrected chi connectivity index (χ2v) is 4.74. The van der Waals surface area contributed by atoms with Gasteiger partial charge in [0.15, 0.2) is 0 Å². The fourth-order valence-electron chi connectivity index (χ4n) is 2.18. The Bertz CT molecular complexity index is 333. The van der Waals surface area contributed by atoms with E-state index in [4.69, 9.17) is 5.73 Å². The highest BCUT2D eigenvalue weighted by atomic mass is 15.3. The third kappa shape index (κ3) is 2.74. The lowest BCUT2D eigenvalue weighted by Gasteiger charge is -2.20. The molecule has 1 fully saturated rings. The number of anilines is 1. The van der Waals surface area contributed by atoms with E-state index in [1.54, 1.807) is 6.20 Å². The molecule has 0 bridgehead atoms. The monoisotopic (exact) mass is 223 g/mol. The number of likely N-dealkylation sites (N-methyl/N-ethyl adjacent to an activating group) is 1. The van der Waals surface area contributed by atoms with Gasteiger partial charge in [-0.05, 0) is 27.1 Å². The Balaban J connectivity index is 1.75. The second kappa shape index (κ2) is 4.84. The van der Waals surface area contributed by atoms with E-state index < -0.39 is 0 Å². The van der Waals surface area contributed by atoms with E-state index in [0.717, 1.165) is 18.8 Å². The van der Waals surface area contributed by atoms with Crippen LogP contribution in [0.1, 0.15) is 6.42 Å². The molecule has 0 saturated carbocycles. The summed E-state index contributed by atoms with van der Waals surface area (Å²) in [5.74, 6) is 0. The Morgan fingerprint density at radius 3 is 2.88 bits per heavy atom. The molecule has 90 valence electrons. The molecule has 2 N–H and O–H groups in total. The molecule has 1 unspecified atom stereocenters. The molecule has 0 radical (unpaired) electrons. The summed E-state index contributed by atoms with van der Waals surface area (Å²) in [6, 6.07) is 0.711. The Morgan fingerprint density at radius 1 is 1.50 bits per heavy atom. The highest BCUT2D eigenvalue weighted by molar-refractivity contribution is 5.30. The van der Waals surface area contributed by atoms with Crippen LogP contribution in [0.15, 0.2) is 12.4 Å². The van der Waals surface area contributed by atoms with Crippen molar-refractivity contribution < 1.29 is 0 Å². The second-order valence-electron chi connectivity index (χ2n) is 4.74. The standard InChI is InChI=1S/C11H21N5/c1-14(2)11-3-4-15(9-11)5-6-16-8-10(12)7-13-16/h7-8,11H,3-6,9,12H2,1-2H3. The molecule has 5 heteroatoms. The number of nitrogen functional groups attached to an aromatic ring is 1. The van der Waals surface area contributed by atoms with Crippen molar-refractivity contribution in [1.29, 1.82) is 0 Å². The Morgan fingerprint density at radius 2 is 2.31 bits per heavy atom. The van der Waals surface area contributed by atoms with Crippen molar-refractivity contribution in [3.8, 4) is 0 Å². The van der Waals surface area contributed by atoms with Crippen molar-refractivity contribution in [2.75, 3.05) is 39.5 Å². The van der Waals surface area contributed by atoms with Crippen LogP contribution in [0.4, 0.5) is 5.69 Å². The molecule has 0 aliphatic carbocycles. The first-order chi connectivity index (χ1) is 7.65. The molecule has 0 amide bonds. The van der Waals surface area contributed by atoms with Crippen LogP contribution in [0, 0.1) is 0 Å². The van der Waals surface area contributed by atoms with Gasteiger partial charge < -0.3 is 10.6 Å². The average molecular weight is 223 g/mol. The highest BCUT2D eigenvalue weighted by Crippen LogP contribution is 2.12. The molecule has 2 rings (SSSR count). The summed E-state index contributed by atoms with van der Waals surface area (Å²) < 4.78 is 1.92. The van der Waals surface area contributed by atoms with Gasteiger partial charge in [0, 0.05) is 25.3 Å². The molecular formula is C11H21N5. The van der Waals surface area contributed by atoms with Crippen LogP contribution in [-0.2, 0) is 6.54 Å². The van der Waals surface area contributed by atoms with E-state index >= 15 is 0 Å². The molecule has 1 atom stereocenters. The zero-order chi connectivity index (χ0) is 11.5. The molecule has 1 aromatic rings. The maximum Gasteiger partial charge on any atom is 0.0719 e. The van der Waals surface area contributed by atoms with Crippen LogP contribution < -0.4 is 5.73 Å². The molecule has 5 nitrogen and oxygen atoms in total.